The Bertz CT molecular complexity index is 1110. The molecule has 0 N–H and O–H groups in total. The molecular formula is C25H30N2O4S. The quantitative estimate of drug-likeness (QED) is 0.453. The lowest BCUT2D eigenvalue weighted by molar-refractivity contribution is 0.0772. The summed E-state index contributed by atoms with van der Waals surface area (Å²) in [5, 5.41) is 3.48. The van der Waals surface area contributed by atoms with Crippen molar-refractivity contribution in [1.29, 1.82) is 0 Å². The van der Waals surface area contributed by atoms with Gasteiger partial charge in [-0.05, 0) is 67.2 Å². The molecule has 0 aliphatic carbocycles. The van der Waals surface area contributed by atoms with Crippen LogP contribution in [0.2, 0.25) is 0 Å². The van der Waals surface area contributed by atoms with Crippen LogP contribution in [0.15, 0.2) is 35.7 Å². The Morgan fingerprint density at radius 2 is 1.78 bits per heavy atom. The number of amides is 1. The van der Waals surface area contributed by atoms with Gasteiger partial charge < -0.3 is 24.0 Å². The number of nitrogens with zero attached hydrogens (tertiary/aromatic N) is 2. The molecule has 1 aromatic heterocycles. The van der Waals surface area contributed by atoms with E-state index in [9.17, 15) is 4.79 Å². The zero-order valence-corrected chi connectivity index (χ0v) is 20.0. The molecule has 32 heavy (non-hydrogen) atoms. The van der Waals surface area contributed by atoms with Gasteiger partial charge in [0.2, 0.25) is 0 Å². The van der Waals surface area contributed by atoms with Gasteiger partial charge in [-0.25, -0.2) is 0 Å². The molecule has 6 nitrogen and oxygen atoms in total. The first-order valence-electron chi connectivity index (χ1n) is 10.8. The number of methoxy groups -OCH3 is 3. The lowest BCUT2D eigenvalue weighted by Gasteiger charge is -2.20. The molecule has 0 fully saturated rings. The number of fused-ring (bicyclic) bond motifs is 2. The molecule has 0 spiro atoms. The lowest BCUT2D eigenvalue weighted by Crippen LogP contribution is -2.29. The Labute approximate surface area is 193 Å². The summed E-state index contributed by atoms with van der Waals surface area (Å²) in [5.74, 6) is 2.28. The predicted octanol–water partition coefficient (Wildman–Crippen LogP) is 4.45. The van der Waals surface area contributed by atoms with Gasteiger partial charge in [-0.1, -0.05) is 6.07 Å². The van der Waals surface area contributed by atoms with Crippen molar-refractivity contribution in [2.45, 2.75) is 19.4 Å². The average molecular weight is 455 g/mol. The Balaban J connectivity index is 1.29. The number of benzene rings is 2. The summed E-state index contributed by atoms with van der Waals surface area (Å²) in [5.41, 5.74) is 3.05. The number of hydrogen-bond acceptors (Lipinski definition) is 6. The maximum absolute atomic E-state index is 12.8. The highest BCUT2D eigenvalue weighted by atomic mass is 32.1. The van der Waals surface area contributed by atoms with Crippen LogP contribution in [0.1, 0.15) is 27.9 Å². The topological polar surface area (TPSA) is 51.2 Å². The van der Waals surface area contributed by atoms with Gasteiger partial charge in [-0.15, -0.1) is 11.3 Å². The number of rotatable bonds is 10. The van der Waals surface area contributed by atoms with E-state index in [1.807, 2.05) is 23.1 Å². The van der Waals surface area contributed by atoms with Crippen LogP contribution in [0.25, 0.3) is 10.1 Å². The van der Waals surface area contributed by atoms with Gasteiger partial charge in [0.1, 0.15) is 5.75 Å². The Morgan fingerprint density at radius 3 is 2.53 bits per heavy atom. The normalized spacial score (nSPS) is 13.2. The van der Waals surface area contributed by atoms with Crippen LogP contribution in [0.4, 0.5) is 0 Å². The number of likely N-dealkylation sites (N-methyl/N-ethyl adjacent to an activating group) is 1. The minimum Gasteiger partial charge on any atom is -0.496 e. The van der Waals surface area contributed by atoms with Crippen molar-refractivity contribution in [1.82, 2.24) is 9.80 Å². The number of thiophene rings is 1. The summed E-state index contributed by atoms with van der Waals surface area (Å²) in [6.07, 6.45) is 1.91. The fraction of sp³-hybridized carbons (Fsp3) is 0.400. The predicted molar refractivity (Wildman–Crippen MR) is 128 cm³/mol. The molecule has 170 valence electrons. The molecule has 0 bridgehead atoms. The van der Waals surface area contributed by atoms with E-state index in [1.54, 1.807) is 38.7 Å². The number of ether oxygens (including phenoxy) is 3. The minimum atomic E-state index is 0.0699. The van der Waals surface area contributed by atoms with Gasteiger partial charge in [0.05, 0.1) is 21.3 Å². The van der Waals surface area contributed by atoms with Crippen LogP contribution in [-0.4, -0.2) is 63.7 Å². The fourth-order valence-electron chi connectivity index (χ4n) is 4.31. The van der Waals surface area contributed by atoms with Gasteiger partial charge in [-0.3, -0.25) is 4.79 Å². The first kappa shape index (κ1) is 22.4. The van der Waals surface area contributed by atoms with Crippen LogP contribution in [0.3, 0.4) is 0 Å². The van der Waals surface area contributed by atoms with Gasteiger partial charge >= 0.3 is 0 Å². The summed E-state index contributed by atoms with van der Waals surface area (Å²) in [6.45, 7) is 3.26. The second-order valence-electron chi connectivity index (χ2n) is 8.09. The second kappa shape index (κ2) is 9.79. The highest BCUT2D eigenvalue weighted by Crippen LogP contribution is 2.35. The number of hydrogen-bond donors (Lipinski definition) is 0. The van der Waals surface area contributed by atoms with E-state index in [-0.39, 0.29) is 5.91 Å². The third kappa shape index (κ3) is 4.40. The first-order chi connectivity index (χ1) is 15.5. The largest absolute Gasteiger partial charge is 0.496 e. The molecule has 1 aliphatic rings. The monoisotopic (exact) mass is 454 g/mol. The Morgan fingerprint density at radius 1 is 1.03 bits per heavy atom. The van der Waals surface area contributed by atoms with Crippen molar-refractivity contribution in [3.05, 3.63) is 52.4 Å². The summed E-state index contributed by atoms with van der Waals surface area (Å²) >= 11 is 1.77. The SMILES string of the molecule is COc1cc2c(cc1OC)C(=O)N(CCCN(C)CCc1csc3cccc(OC)c13)C2. The molecule has 2 aromatic carbocycles. The molecule has 3 aromatic rings. The molecule has 0 saturated carbocycles. The van der Waals surface area contributed by atoms with Crippen molar-refractivity contribution in [3.63, 3.8) is 0 Å². The summed E-state index contributed by atoms with van der Waals surface area (Å²) in [6, 6.07) is 9.92. The standard InChI is InChI=1S/C25H30N2O4S/c1-26(12-9-17-16-32-23-8-5-7-20(29-2)24(17)23)10-6-11-27-15-18-13-21(30-3)22(31-4)14-19(18)25(27)28/h5,7-8,13-14,16H,6,9-12,15H2,1-4H3. The van der Waals surface area contributed by atoms with Crippen molar-refractivity contribution in [2.24, 2.45) is 0 Å². The van der Waals surface area contributed by atoms with E-state index < -0.39 is 0 Å². The van der Waals surface area contributed by atoms with Crippen molar-refractivity contribution >= 4 is 27.3 Å². The minimum absolute atomic E-state index is 0.0699. The Kier molecular flexibility index (Phi) is 6.86. The zero-order chi connectivity index (χ0) is 22.7. The van der Waals surface area contributed by atoms with Crippen LogP contribution < -0.4 is 14.2 Å². The van der Waals surface area contributed by atoms with E-state index >= 15 is 0 Å². The van der Waals surface area contributed by atoms with E-state index in [4.69, 9.17) is 14.2 Å². The number of carbonyl (C=O) groups is 1. The first-order valence-corrected chi connectivity index (χ1v) is 11.7. The molecule has 7 heteroatoms. The lowest BCUT2D eigenvalue weighted by atomic mass is 10.1. The van der Waals surface area contributed by atoms with Crippen molar-refractivity contribution in [3.8, 4) is 17.2 Å². The van der Waals surface area contributed by atoms with E-state index in [0.29, 0.717) is 23.6 Å². The zero-order valence-electron chi connectivity index (χ0n) is 19.1. The van der Waals surface area contributed by atoms with Crippen molar-refractivity contribution in [2.75, 3.05) is 48.0 Å². The molecule has 2 heterocycles. The molecule has 1 aliphatic heterocycles. The molecule has 1 amide bonds. The van der Waals surface area contributed by atoms with Gasteiger partial charge in [0, 0.05) is 35.3 Å². The third-order valence-electron chi connectivity index (χ3n) is 6.08. The maximum Gasteiger partial charge on any atom is 0.254 e. The average Bonchev–Trinajstić information content (AvgIpc) is 3.37. The highest BCUT2D eigenvalue weighted by Gasteiger charge is 2.29. The van der Waals surface area contributed by atoms with Crippen molar-refractivity contribution < 1.29 is 19.0 Å². The number of carbonyl (C=O) groups excluding carboxylic acids is 1. The third-order valence-corrected chi connectivity index (χ3v) is 7.07. The van der Waals surface area contributed by atoms with Crippen LogP contribution in [0, 0.1) is 0 Å². The molecule has 0 unspecified atom stereocenters. The summed E-state index contributed by atoms with van der Waals surface area (Å²) in [4.78, 5) is 17.1. The van der Waals surface area contributed by atoms with Gasteiger partial charge in [0.15, 0.2) is 11.5 Å². The van der Waals surface area contributed by atoms with Crippen LogP contribution in [-0.2, 0) is 13.0 Å². The van der Waals surface area contributed by atoms with Crippen LogP contribution in [0.5, 0.6) is 17.2 Å². The summed E-state index contributed by atoms with van der Waals surface area (Å²) in [7, 11) is 7.07. The molecule has 0 radical (unpaired) electrons. The Hall–Kier alpha value is -2.77. The van der Waals surface area contributed by atoms with Crippen LogP contribution >= 0.6 is 11.3 Å². The molecule has 0 saturated heterocycles. The van der Waals surface area contributed by atoms with Gasteiger partial charge in [-0.2, -0.15) is 0 Å². The molecular weight excluding hydrogens is 424 g/mol. The van der Waals surface area contributed by atoms with E-state index in [2.05, 4.69) is 23.4 Å². The maximum atomic E-state index is 12.8. The smallest absolute Gasteiger partial charge is 0.254 e. The van der Waals surface area contributed by atoms with E-state index in [1.165, 1.54) is 15.6 Å². The fourth-order valence-corrected chi connectivity index (χ4v) is 5.32. The summed E-state index contributed by atoms with van der Waals surface area (Å²) < 4.78 is 17.5. The second-order valence-corrected chi connectivity index (χ2v) is 9.00. The van der Waals surface area contributed by atoms with Gasteiger partial charge in [0.25, 0.3) is 5.91 Å². The molecule has 4 rings (SSSR count). The molecule has 0 atom stereocenters. The van der Waals surface area contributed by atoms with E-state index in [0.717, 1.165) is 43.8 Å². The highest BCUT2D eigenvalue weighted by molar-refractivity contribution is 7.17.